The van der Waals surface area contributed by atoms with Crippen LogP contribution in [0.2, 0.25) is 0 Å². The number of carbonyl (C=O) groups is 2. The number of esters is 1. The Kier molecular flexibility index (Phi) is 7.48. The molecule has 0 aromatic heterocycles. The highest BCUT2D eigenvalue weighted by atomic mass is 16.7. The summed E-state index contributed by atoms with van der Waals surface area (Å²) in [6.45, 7) is 9.28. The molecule has 0 bridgehead atoms. The summed E-state index contributed by atoms with van der Waals surface area (Å²) in [5, 5.41) is 2.15. The van der Waals surface area contributed by atoms with Gasteiger partial charge in [-0.25, -0.2) is 0 Å². The van der Waals surface area contributed by atoms with Crippen molar-refractivity contribution in [1.82, 2.24) is 5.06 Å². The molecule has 2 fully saturated rings. The van der Waals surface area contributed by atoms with Gasteiger partial charge in [-0.2, -0.15) is 5.06 Å². The number of rotatable bonds is 7. The smallest absolute Gasteiger partial charge is 0.309 e. The van der Waals surface area contributed by atoms with Gasteiger partial charge in [-0.3, -0.25) is 14.4 Å². The molecule has 2 aliphatic rings. The fraction of sp³-hybridized carbons (Fsp3) is 0.533. The third-order valence-electron chi connectivity index (χ3n) is 8.03. The number of carbonyl (C=O) groups excluding carboxylic acids is 2. The number of Topliss-reactive ketones (excluding diaryl/α,β-unsaturated/α-hetero) is 1. The third kappa shape index (κ3) is 5.22. The zero-order chi connectivity index (χ0) is 25.2. The van der Waals surface area contributed by atoms with Crippen molar-refractivity contribution in [3.05, 3.63) is 71.8 Å². The monoisotopic (exact) mass is 477 g/mol. The van der Waals surface area contributed by atoms with E-state index in [9.17, 15) is 9.59 Å². The first-order valence-corrected chi connectivity index (χ1v) is 12.8. The molecule has 1 heterocycles. The van der Waals surface area contributed by atoms with Crippen LogP contribution in [0, 0.1) is 17.8 Å². The molecule has 0 N–H and O–H groups in total. The Labute approximate surface area is 209 Å². The molecule has 1 saturated carbocycles. The minimum absolute atomic E-state index is 0.0663. The van der Waals surface area contributed by atoms with Crippen LogP contribution >= 0.6 is 0 Å². The number of hydrogen-bond donors (Lipinski definition) is 0. The summed E-state index contributed by atoms with van der Waals surface area (Å²) in [6, 6.07) is 19.4. The Bertz CT molecular complexity index is 1000. The normalized spacial score (nSPS) is 27.9. The van der Waals surface area contributed by atoms with Gasteiger partial charge in [-0.15, -0.1) is 0 Å². The molecule has 0 amide bonds. The Morgan fingerprint density at radius 3 is 2.06 bits per heavy atom. The van der Waals surface area contributed by atoms with Gasteiger partial charge in [0.2, 0.25) is 0 Å². The molecule has 4 rings (SSSR count). The summed E-state index contributed by atoms with van der Waals surface area (Å²) in [6.07, 6.45) is 3.85. The summed E-state index contributed by atoms with van der Waals surface area (Å²) in [5.74, 6) is -1.32. The quantitative estimate of drug-likeness (QED) is 0.359. The zero-order valence-electron chi connectivity index (χ0n) is 21.7. The van der Waals surface area contributed by atoms with Crippen molar-refractivity contribution in [3.63, 3.8) is 0 Å². The lowest BCUT2D eigenvalue weighted by molar-refractivity contribution is -0.286. The molecule has 1 aliphatic carbocycles. The minimum atomic E-state index is -0.393. The van der Waals surface area contributed by atoms with Gasteiger partial charge in [-0.1, -0.05) is 60.7 Å². The number of hydroxylamine groups is 2. The average Bonchev–Trinajstić information content (AvgIpc) is 3.22. The molecule has 2 aromatic rings. The first kappa shape index (κ1) is 25.6. The highest BCUT2D eigenvalue weighted by Crippen LogP contribution is 2.50. The van der Waals surface area contributed by atoms with E-state index in [1.165, 1.54) is 13.5 Å². The van der Waals surface area contributed by atoms with E-state index in [4.69, 9.17) is 9.57 Å². The van der Waals surface area contributed by atoms with Crippen molar-refractivity contribution in [3.8, 4) is 0 Å². The SMILES string of the molecule is COC(=O)[C@H]1C[C@H](CON2C(C)(C)CCCC2(C)C)[C@@H](C(=O)c2ccccc2)[C@@H]1c1ccccc1. The van der Waals surface area contributed by atoms with E-state index in [0.717, 1.165) is 18.4 Å². The van der Waals surface area contributed by atoms with E-state index >= 15 is 0 Å². The van der Waals surface area contributed by atoms with Crippen LogP contribution in [0.1, 0.15) is 75.2 Å². The second-order valence-electron chi connectivity index (χ2n) is 11.4. The van der Waals surface area contributed by atoms with Crippen LogP contribution < -0.4 is 0 Å². The molecular formula is C30H39NO4. The van der Waals surface area contributed by atoms with Crippen molar-refractivity contribution < 1.29 is 19.2 Å². The Balaban J connectivity index is 1.70. The van der Waals surface area contributed by atoms with Crippen LogP contribution in [-0.4, -0.2) is 41.6 Å². The average molecular weight is 478 g/mol. The molecule has 0 unspecified atom stereocenters. The molecule has 4 atom stereocenters. The van der Waals surface area contributed by atoms with E-state index in [0.29, 0.717) is 18.6 Å². The van der Waals surface area contributed by atoms with Crippen molar-refractivity contribution in [2.24, 2.45) is 17.8 Å². The predicted octanol–water partition coefficient (Wildman–Crippen LogP) is 6.05. The summed E-state index contributed by atoms with van der Waals surface area (Å²) in [5.41, 5.74) is 1.48. The molecule has 35 heavy (non-hydrogen) atoms. The molecular weight excluding hydrogens is 438 g/mol. The van der Waals surface area contributed by atoms with Gasteiger partial charge in [0.05, 0.1) is 19.6 Å². The van der Waals surface area contributed by atoms with Gasteiger partial charge < -0.3 is 4.74 Å². The van der Waals surface area contributed by atoms with Gasteiger partial charge >= 0.3 is 5.97 Å². The number of ketones is 1. The molecule has 1 aliphatic heterocycles. The molecule has 0 spiro atoms. The van der Waals surface area contributed by atoms with Crippen molar-refractivity contribution >= 4 is 11.8 Å². The maximum absolute atomic E-state index is 14.0. The number of methoxy groups -OCH3 is 1. The van der Waals surface area contributed by atoms with Crippen molar-refractivity contribution in [2.45, 2.75) is 70.4 Å². The lowest BCUT2D eigenvalue weighted by Crippen LogP contribution is -2.58. The number of hydrogen-bond acceptors (Lipinski definition) is 5. The van der Waals surface area contributed by atoms with Crippen molar-refractivity contribution in [2.75, 3.05) is 13.7 Å². The molecule has 5 heteroatoms. The van der Waals surface area contributed by atoms with Crippen LogP contribution in [-0.2, 0) is 14.4 Å². The Morgan fingerprint density at radius 1 is 0.914 bits per heavy atom. The second kappa shape index (κ2) is 10.2. The van der Waals surface area contributed by atoms with Crippen LogP contribution in [0.15, 0.2) is 60.7 Å². The fourth-order valence-corrected chi connectivity index (χ4v) is 6.51. The first-order valence-electron chi connectivity index (χ1n) is 12.8. The Morgan fingerprint density at radius 2 is 1.49 bits per heavy atom. The first-order chi connectivity index (χ1) is 16.7. The number of ether oxygens (including phenoxy) is 1. The highest BCUT2D eigenvalue weighted by molar-refractivity contribution is 5.99. The summed E-state index contributed by atoms with van der Waals surface area (Å²) in [7, 11) is 1.43. The highest BCUT2D eigenvalue weighted by Gasteiger charge is 2.52. The maximum Gasteiger partial charge on any atom is 0.309 e. The molecule has 1 saturated heterocycles. The Hall–Kier alpha value is -2.50. The molecule has 5 nitrogen and oxygen atoms in total. The lowest BCUT2D eigenvalue weighted by atomic mass is 9.77. The lowest BCUT2D eigenvalue weighted by Gasteiger charge is -2.51. The van der Waals surface area contributed by atoms with Crippen LogP contribution in [0.4, 0.5) is 0 Å². The summed E-state index contributed by atoms with van der Waals surface area (Å²) >= 11 is 0. The van der Waals surface area contributed by atoms with E-state index in [1.54, 1.807) is 0 Å². The van der Waals surface area contributed by atoms with Gasteiger partial charge in [0.1, 0.15) is 0 Å². The summed E-state index contributed by atoms with van der Waals surface area (Å²) in [4.78, 5) is 33.5. The third-order valence-corrected chi connectivity index (χ3v) is 8.03. The maximum atomic E-state index is 14.0. The van der Waals surface area contributed by atoms with Crippen LogP contribution in [0.25, 0.3) is 0 Å². The van der Waals surface area contributed by atoms with E-state index in [2.05, 4.69) is 32.8 Å². The fourth-order valence-electron chi connectivity index (χ4n) is 6.51. The number of nitrogens with zero attached hydrogens (tertiary/aromatic N) is 1. The second-order valence-corrected chi connectivity index (χ2v) is 11.4. The number of piperidine rings is 1. The van der Waals surface area contributed by atoms with Crippen LogP contribution in [0.5, 0.6) is 0 Å². The van der Waals surface area contributed by atoms with E-state index < -0.39 is 5.92 Å². The van der Waals surface area contributed by atoms with Gasteiger partial charge in [0.15, 0.2) is 5.78 Å². The molecule has 188 valence electrons. The zero-order valence-corrected chi connectivity index (χ0v) is 21.7. The van der Waals surface area contributed by atoms with Crippen molar-refractivity contribution in [1.29, 1.82) is 0 Å². The molecule has 2 aromatic carbocycles. The standard InChI is InChI=1S/C30H39NO4/c1-29(2)17-12-18-30(3,4)31(29)35-20-23-19-24(28(33)34-5)25(21-13-8-6-9-14-21)26(23)27(32)22-15-10-7-11-16-22/h6-11,13-16,23-26H,12,17-20H2,1-5H3/t23-,24+,25-,26-/m1/s1. The minimum Gasteiger partial charge on any atom is -0.469 e. The van der Waals surface area contributed by atoms with Gasteiger partial charge in [-0.05, 0) is 64.9 Å². The van der Waals surface area contributed by atoms with Crippen LogP contribution in [0.3, 0.4) is 0 Å². The van der Waals surface area contributed by atoms with E-state index in [-0.39, 0.29) is 40.6 Å². The van der Waals surface area contributed by atoms with Gasteiger partial charge in [0.25, 0.3) is 0 Å². The largest absolute Gasteiger partial charge is 0.469 e. The predicted molar refractivity (Wildman–Crippen MR) is 137 cm³/mol. The number of benzene rings is 2. The van der Waals surface area contributed by atoms with E-state index in [1.807, 2.05) is 60.7 Å². The van der Waals surface area contributed by atoms with Gasteiger partial charge in [0, 0.05) is 28.5 Å². The summed E-state index contributed by atoms with van der Waals surface area (Å²) < 4.78 is 5.23. The topological polar surface area (TPSA) is 55.8 Å². The molecule has 0 radical (unpaired) electrons.